The Morgan fingerprint density at radius 3 is 3.05 bits per heavy atom. The summed E-state index contributed by atoms with van der Waals surface area (Å²) in [5.41, 5.74) is 2.72. The third-order valence-corrected chi connectivity index (χ3v) is 3.59. The van der Waals surface area contributed by atoms with Crippen molar-refractivity contribution < 1.29 is 9.13 Å². The molecule has 1 aromatic heterocycles. The SMILES string of the molecule is COc1c(F)cc([C@@H]2NCCc3[nH]cnc32)cc1Cl. The normalized spacial score (nSPS) is 18.2. The van der Waals surface area contributed by atoms with E-state index in [-0.39, 0.29) is 16.8 Å². The molecule has 4 nitrogen and oxygen atoms in total. The van der Waals surface area contributed by atoms with Gasteiger partial charge >= 0.3 is 0 Å². The van der Waals surface area contributed by atoms with E-state index in [1.165, 1.54) is 13.2 Å². The molecular formula is C13H13ClFN3O. The maximum Gasteiger partial charge on any atom is 0.173 e. The van der Waals surface area contributed by atoms with Crippen molar-refractivity contribution in [1.29, 1.82) is 0 Å². The molecule has 0 fully saturated rings. The first-order chi connectivity index (χ1) is 9.20. The Morgan fingerprint density at radius 2 is 2.32 bits per heavy atom. The van der Waals surface area contributed by atoms with Crippen LogP contribution >= 0.6 is 11.6 Å². The van der Waals surface area contributed by atoms with Crippen molar-refractivity contribution in [3.8, 4) is 5.75 Å². The molecule has 1 aliphatic rings. The van der Waals surface area contributed by atoms with Crippen LogP contribution < -0.4 is 10.1 Å². The number of H-pyrrole nitrogens is 1. The van der Waals surface area contributed by atoms with Gasteiger partial charge in [0.2, 0.25) is 0 Å². The van der Waals surface area contributed by atoms with Crippen LogP contribution in [-0.4, -0.2) is 23.6 Å². The summed E-state index contributed by atoms with van der Waals surface area (Å²) in [7, 11) is 1.40. The Balaban J connectivity index is 2.05. The van der Waals surface area contributed by atoms with Crippen molar-refractivity contribution in [2.45, 2.75) is 12.5 Å². The molecule has 0 radical (unpaired) electrons. The summed E-state index contributed by atoms with van der Waals surface area (Å²) in [5.74, 6) is -0.391. The van der Waals surface area contributed by atoms with Crippen LogP contribution in [0.25, 0.3) is 0 Å². The lowest BCUT2D eigenvalue weighted by molar-refractivity contribution is 0.386. The summed E-state index contributed by atoms with van der Waals surface area (Å²) < 4.78 is 18.8. The first-order valence-corrected chi connectivity index (χ1v) is 6.37. The molecule has 100 valence electrons. The lowest BCUT2D eigenvalue weighted by Gasteiger charge is -2.24. The third-order valence-electron chi connectivity index (χ3n) is 3.31. The van der Waals surface area contributed by atoms with E-state index in [1.807, 2.05) is 0 Å². The van der Waals surface area contributed by atoms with Gasteiger partial charge in [-0.3, -0.25) is 0 Å². The predicted molar refractivity (Wildman–Crippen MR) is 70.1 cm³/mol. The molecule has 19 heavy (non-hydrogen) atoms. The fourth-order valence-electron chi connectivity index (χ4n) is 2.44. The topological polar surface area (TPSA) is 49.9 Å². The number of ether oxygens (including phenoxy) is 1. The van der Waals surface area contributed by atoms with Crippen LogP contribution in [0.3, 0.4) is 0 Å². The van der Waals surface area contributed by atoms with Crippen molar-refractivity contribution in [1.82, 2.24) is 15.3 Å². The minimum atomic E-state index is -0.463. The highest BCUT2D eigenvalue weighted by Gasteiger charge is 2.25. The first-order valence-electron chi connectivity index (χ1n) is 5.99. The molecule has 0 bridgehead atoms. The monoisotopic (exact) mass is 281 g/mol. The van der Waals surface area contributed by atoms with Crippen LogP contribution in [0.15, 0.2) is 18.5 Å². The summed E-state index contributed by atoms with van der Waals surface area (Å²) in [4.78, 5) is 7.41. The molecule has 1 aliphatic heterocycles. The summed E-state index contributed by atoms with van der Waals surface area (Å²) in [6, 6.07) is 3.00. The van der Waals surface area contributed by atoms with Crippen LogP contribution in [0.5, 0.6) is 5.75 Å². The lowest BCUT2D eigenvalue weighted by atomic mass is 9.98. The number of fused-ring (bicyclic) bond motifs is 1. The summed E-state index contributed by atoms with van der Waals surface area (Å²) in [6.45, 7) is 0.811. The maximum absolute atomic E-state index is 13.9. The highest BCUT2D eigenvalue weighted by atomic mass is 35.5. The highest BCUT2D eigenvalue weighted by molar-refractivity contribution is 6.32. The Kier molecular flexibility index (Phi) is 3.16. The van der Waals surface area contributed by atoms with Gasteiger partial charge in [-0.1, -0.05) is 11.6 Å². The number of rotatable bonds is 2. The number of halogens is 2. The predicted octanol–water partition coefficient (Wildman–Crippen LogP) is 2.45. The van der Waals surface area contributed by atoms with Crippen LogP contribution in [0.4, 0.5) is 4.39 Å². The Hall–Kier alpha value is -1.59. The smallest absolute Gasteiger partial charge is 0.173 e. The number of imidazole rings is 1. The molecule has 0 saturated heterocycles. The van der Waals surface area contributed by atoms with E-state index in [2.05, 4.69) is 15.3 Å². The number of hydrogen-bond donors (Lipinski definition) is 2. The molecule has 0 unspecified atom stereocenters. The van der Waals surface area contributed by atoms with E-state index < -0.39 is 5.82 Å². The fraction of sp³-hybridized carbons (Fsp3) is 0.308. The second kappa shape index (κ2) is 4.83. The second-order valence-corrected chi connectivity index (χ2v) is 4.83. The number of aromatic amines is 1. The second-order valence-electron chi connectivity index (χ2n) is 4.42. The molecule has 0 spiro atoms. The Labute approximate surface area is 115 Å². The zero-order valence-corrected chi connectivity index (χ0v) is 11.1. The van der Waals surface area contributed by atoms with Crippen molar-refractivity contribution in [2.75, 3.05) is 13.7 Å². The minimum Gasteiger partial charge on any atom is -0.492 e. The van der Waals surface area contributed by atoms with Gasteiger partial charge in [-0.15, -0.1) is 0 Å². The first kappa shape index (κ1) is 12.4. The molecule has 2 N–H and O–H groups in total. The zero-order valence-electron chi connectivity index (χ0n) is 10.3. The number of aromatic nitrogens is 2. The number of nitrogens with one attached hydrogen (secondary N) is 2. The standard InChI is InChI=1S/C13H13ClFN3O/c1-19-13-8(14)4-7(5-9(13)15)11-12-10(2-3-16-11)17-6-18-12/h4-6,11,16H,2-3H2,1H3,(H,17,18)/t11-/m0/s1. The number of methoxy groups -OCH3 is 1. The number of nitrogens with zero attached hydrogens (tertiary/aromatic N) is 1. The van der Waals surface area contributed by atoms with E-state index in [1.54, 1.807) is 12.4 Å². The summed E-state index contributed by atoms with van der Waals surface area (Å²) in [6.07, 6.45) is 2.55. The van der Waals surface area contributed by atoms with Gasteiger partial charge in [0, 0.05) is 18.7 Å². The van der Waals surface area contributed by atoms with E-state index >= 15 is 0 Å². The van der Waals surface area contributed by atoms with Crippen molar-refractivity contribution in [3.63, 3.8) is 0 Å². The minimum absolute atomic E-state index is 0.0727. The average Bonchev–Trinajstić information content (AvgIpc) is 2.86. The van der Waals surface area contributed by atoms with Gasteiger partial charge in [0.05, 0.1) is 30.2 Å². The zero-order chi connectivity index (χ0) is 13.4. The molecule has 1 atom stereocenters. The molecule has 3 rings (SSSR count). The van der Waals surface area contributed by atoms with Crippen molar-refractivity contribution in [2.24, 2.45) is 0 Å². The average molecular weight is 282 g/mol. The van der Waals surface area contributed by atoms with Gasteiger partial charge in [0.15, 0.2) is 11.6 Å². The van der Waals surface area contributed by atoms with Crippen LogP contribution in [-0.2, 0) is 6.42 Å². The summed E-state index contributed by atoms with van der Waals surface area (Å²) >= 11 is 6.03. The Morgan fingerprint density at radius 1 is 1.47 bits per heavy atom. The number of benzene rings is 1. The van der Waals surface area contributed by atoms with E-state index in [0.717, 1.165) is 29.9 Å². The molecule has 0 aliphatic carbocycles. The van der Waals surface area contributed by atoms with Gasteiger partial charge in [-0.25, -0.2) is 9.37 Å². The van der Waals surface area contributed by atoms with Crippen molar-refractivity contribution in [3.05, 3.63) is 46.3 Å². The molecule has 0 amide bonds. The summed E-state index contributed by atoms with van der Waals surface area (Å²) in [5, 5.41) is 3.59. The van der Waals surface area contributed by atoms with Crippen LogP contribution in [0.1, 0.15) is 23.0 Å². The largest absolute Gasteiger partial charge is 0.492 e. The van der Waals surface area contributed by atoms with Gasteiger partial charge in [0.1, 0.15) is 0 Å². The Bertz CT molecular complexity index is 591. The number of hydrogen-bond acceptors (Lipinski definition) is 3. The van der Waals surface area contributed by atoms with Gasteiger partial charge in [-0.2, -0.15) is 0 Å². The van der Waals surface area contributed by atoms with Crippen LogP contribution in [0, 0.1) is 5.82 Å². The molecule has 2 heterocycles. The lowest BCUT2D eigenvalue weighted by Crippen LogP contribution is -2.30. The van der Waals surface area contributed by atoms with Gasteiger partial charge in [0.25, 0.3) is 0 Å². The maximum atomic E-state index is 13.9. The van der Waals surface area contributed by atoms with Crippen molar-refractivity contribution >= 4 is 11.6 Å². The third kappa shape index (κ3) is 2.09. The highest BCUT2D eigenvalue weighted by Crippen LogP contribution is 2.34. The molecule has 2 aromatic rings. The van der Waals surface area contributed by atoms with E-state index in [4.69, 9.17) is 16.3 Å². The fourth-order valence-corrected chi connectivity index (χ4v) is 2.73. The van der Waals surface area contributed by atoms with Gasteiger partial charge < -0.3 is 15.0 Å². The molecule has 1 aromatic carbocycles. The van der Waals surface area contributed by atoms with Gasteiger partial charge in [-0.05, 0) is 17.7 Å². The van der Waals surface area contributed by atoms with E-state index in [9.17, 15) is 4.39 Å². The quantitative estimate of drug-likeness (QED) is 0.889. The van der Waals surface area contributed by atoms with E-state index in [0.29, 0.717) is 0 Å². The molecule has 6 heteroatoms. The molecular weight excluding hydrogens is 269 g/mol. The van der Waals surface area contributed by atoms with Crippen LogP contribution in [0.2, 0.25) is 5.02 Å². The molecule has 0 saturated carbocycles.